The van der Waals surface area contributed by atoms with E-state index in [1.54, 1.807) is 0 Å². The molecular weight excluding hydrogens is 150 g/mol. The first-order valence-corrected chi connectivity index (χ1v) is 4.72. The van der Waals surface area contributed by atoms with E-state index in [-0.39, 0.29) is 5.91 Å². The number of hydrogen-bond donors (Lipinski definition) is 1. The summed E-state index contributed by atoms with van der Waals surface area (Å²) in [6, 6.07) is 0. The third-order valence-corrected chi connectivity index (χ3v) is 1.68. The van der Waals surface area contributed by atoms with Crippen molar-refractivity contribution in [2.75, 3.05) is 6.54 Å². The molecule has 0 atom stereocenters. The van der Waals surface area contributed by atoms with Crippen molar-refractivity contribution in [2.45, 2.75) is 39.5 Å². The van der Waals surface area contributed by atoms with Gasteiger partial charge >= 0.3 is 0 Å². The maximum Gasteiger partial charge on any atom is 0.219 e. The summed E-state index contributed by atoms with van der Waals surface area (Å²) in [6.07, 6.45) is 3.52. The Morgan fingerprint density at radius 3 is 2.67 bits per heavy atom. The van der Waals surface area contributed by atoms with Crippen molar-refractivity contribution in [1.29, 1.82) is 0 Å². The van der Waals surface area contributed by atoms with Crippen molar-refractivity contribution < 1.29 is 4.79 Å². The fourth-order valence-corrected chi connectivity index (χ4v) is 0.987. The van der Waals surface area contributed by atoms with Crippen LogP contribution in [0.3, 0.4) is 0 Å². The van der Waals surface area contributed by atoms with Crippen LogP contribution in [0, 0.1) is 12.8 Å². The molecule has 2 heteroatoms. The van der Waals surface area contributed by atoms with Crippen LogP contribution in [-0.2, 0) is 4.79 Å². The predicted octanol–water partition coefficient (Wildman–Crippen LogP) is 2.15. The fraction of sp³-hybridized carbons (Fsp3) is 0.800. The molecule has 2 nitrogen and oxygen atoms in total. The normalized spacial score (nSPS) is 10.3. The first-order chi connectivity index (χ1) is 5.66. The van der Waals surface area contributed by atoms with Crippen LogP contribution < -0.4 is 5.32 Å². The predicted molar refractivity (Wildman–Crippen MR) is 51.7 cm³/mol. The Hall–Kier alpha value is -0.530. The summed E-state index contributed by atoms with van der Waals surface area (Å²) in [7, 11) is 0. The molecule has 0 aliphatic rings. The average Bonchev–Trinajstić information content (AvgIpc) is 1.98. The van der Waals surface area contributed by atoms with Gasteiger partial charge in [-0.2, -0.15) is 0 Å². The molecule has 0 aliphatic carbocycles. The van der Waals surface area contributed by atoms with Crippen LogP contribution in [0.2, 0.25) is 0 Å². The van der Waals surface area contributed by atoms with Crippen LogP contribution >= 0.6 is 0 Å². The smallest absolute Gasteiger partial charge is 0.219 e. The number of nitrogens with one attached hydrogen (secondary N) is 1. The Balaban J connectivity index is 3.14. The lowest BCUT2D eigenvalue weighted by molar-refractivity contribution is -0.121. The second-order valence-corrected chi connectivity index (χ2v) is 3.49. The lowest BCUT2D eigenvalue weighted by atomic mass is 10.1. The van der Waals surface area contributed by atoms with E-state index in [2.05, 4.69) is 26.1 Å². The van der Waals surface area contributed by atoms with Gasteiger partial charge in [-0.25, -0.2) is 0 Å². The van der Waals surface area contributed by atoms with Gasteiger partial charge < -0.3 is 5.32 Å². The summed E-state index contributed by atoms with van der Waals surface area (Å²) < 4.78 is 0. The number of carbonyl (C=O) groups excluding carboxylic acids is 1. The molecule has 0 heterocycles. The van der Waals surface area contributed by atoms with Crippen molar-refractivity contribution in [1.82, 2.24) is 5.32 Å². The number of hydrogen-bond acceptors (Lipinski definition) is 1. The van der Waals surface area contributed by atoms with E-state index < -0.39 is 0 Å². The van der Waals surface area contributed by atoms with Crippen LogP contribution in [-0.4, -0.2) is 12.5 Å². The van der Waals surface area contributed by atoms with Gasteiger partial charge in [-0.05, 0) is 25.2 Å². The van der Waals surface area contributed by atoms with Gasteiger partial charge in [0.1, 0.15) is 0 Å². The molecule has 0 unspecified atom stereocenters. The zero-order chi connectivity index (χ0) is 9.40. The third kappa shape index (κ3) is 7.58. The molecule has 0 aliphatic heterocycles. The average molecular weight is 170 g/mol. The van der Waals surface area contributed by atoms with Gasteiger partial charge in [0.05, 0.1) is 0 Å². The van der Waals surface area contributed by atoms with Gasteiger partial charge in [0.2, 0.25) is 5.91 Å². The minimum atomic E-state index is 0.133. The number of amides is 1. The molecule has 71 valence electrons. The van der Waals surface area contributed by atoms with Crippen molar-refractivity contribution >= 4 is 5.91 Å². The van der Waals surface area contributed by atoms with Gasteiger partial charge in [0, 0.05) is 13.0 Å². The van der Waals surface area contributed by atoms with Gasteiger partial charge in [-0.15, -0.1) is 0 Å². The topological polar surface area (TPSA) is 29.1 Å². The molecule has 0 saturated carbocycles. The SMILES string of the molecule is [CH2]CCC(=O)NCCCC(C)C. The highest BCUT2D eigenvalue weighted by Crippen LogP contribution is 2.01. The van der Waals surface area contributed by atoms with E-state index in [4.69, 9.17) is 0 Å². The standard InChI is InChI=1S/C10H20NO/c1-4-6-10(12)11-8-5-7-9(2)3/h9H,1,4-8H2,2-3H3,(H,11,12). The van der Waals surface area contributed by atoms with Crippen molar-refractivity contribution in [3.05, 3.63) is 6.92 Å². The lowest BCUT2D eigenvalue weighted by Crippen LogP contribution is -2.23. The Kier molecular flexibility index (Phi) is 6.82. The van der Waals surface area contributed by atoms with Gasteiger partial charge in [0.15, 0.2) is 0 Å². The lowest BCUT2D eigenvalue weighted by Gasteiger charge is -2.05. The Morgan fingerprint density at radius 2 is 2.17 bits per heavy atom. The zero-order valence-corrected chi connectivity index (χ0v) is 8.23. The van der Waals surface area contributed by atoms with Gasteiger partial charge in [-0.3, -0.25) is 4.79 Å². The molecule has 0 aromatic carbocycles. The quantitative estimate of drug-likeness (QED) is 0.608. The molecule has 0 aromatic heterocycles. The largest absolute Gasteiger partial charge is 0.356 e. The second-order valence-electron chi connectivity index (χ2n) is 3.49. The minimum absolute atomic E-state index is 0.133. The van der Waals surface area contributed by atoms with Crippen LogP contribution in [0.5, 0.6) is 0 Å². The summed E-state index contributed by atoms with van der Waals surface area (Å²) in [5.74, 6) is 0.864. The summed E-state index contributed by atoms with van der Waals surface area (Å²) in [4.78, 5) is 10.9. The van der Waals surface area contributed by atoms with Crippen molar-refractivity contribution in [3.8, 4) is 0 Å². The minimum Gasteiger partial charge on any atom is -0.356 e. The molecular formula is C10H20NO. The number of carbonyl (C=O) groups is 1. The maximum atomic E-state index is 10.9. The third-order valence-electron chi connectivity index (χ3n) is 1.68. The van der Waals surface area contributed by atoms with Gasteiger partial charge in [-0.1, -0.05) is 20.8 Å². The fourth-order valence-electron chi connectivity index (χ4n) is 0.987. The zero-order valence-electron chi connectivity index (χ0n) is 8.23. The second kappa shape index (κ2) is 7.14. The van der Waals surface area contributed by atoms with Crippen LogP contribution in [0.1, 0.15) is 39.5 Å². The molecule has 1 N–H and O–H groups in total. The van der Waals surface area contributed by atoms with Crippen LogP contribution in [0.4, 0.5) is 0 Å². The molecule has 0 rings (SSSR count). The Morgan fingerprint density at radius 1 is 1.50 bits per heavy atom. The Labute approximate surface area is 75.7 Å². The maximum absolute atomic E-state index is 10.9. The molecule has 1 radical (unpaired) electrons. The van der Waals surface area contributed by atoms with Crippen LogP contribution in [0.15, 0.2) is 0 Å². The molecule has 0 aromatic rings. The molecule has 12 heavy (non-hydrogen) atoms. The molecule has 1 amide bonds. The Bertz CT molecular complexity index is 121. The summed E-state index contributed by atoms with van der Waals surface area (Å²) in [6.45, 7) is 8.82. The number of rotatable bonds is 6. The summed E-state index contributed by atoms with van der Waals surface area (Å²) >= 11 is 0. The van der Waals surface area contributed by atoms with Gasteiger partial charge in [0.25, 0.3) is 0 Å². The van der Waals surface area contributed by atoms with E-state index in [1.165, 1.54) is 6.42 Å². The first-order valence-electron chi connectivity index (χ1n) is 4.72. The molecule has 0 spiro atoms. The van der Waals surface area contributed by atoms with Crippen molar-refractivity contribution in [2.24, 2.45) is 5.92 Å². The highest BCUT2D eigenvalue weighted by Gasteiger charge is 1.98. The first kappa shape index (κ1) is 11.5. The van der Waals surface area contributed by atoms with E-state index in [0.717, 1.165) is 18.9 Å². The summed E-state index contributed by atoms with van der Waals surface area (Å²) in [5, 5.41) is 2.86. The molecule has 0 saturated heterocycles. The summed E-state index contributed by atoms with van der Waals surface area (Å²) in [5.41, 5.74) is 0. The van der Waals surface area contributed by atoms with E-state index >= 15 is 0 Å². The highest BCUT2D eigenvalue weighted by molar-refractivity contribution is 5.75. The monoisotopic (exact) mass is 170 g/mol. The van der Waals surface area contributed by atoms with E-state index in [1.807, 2.05) is 0 Å². The molecule has 0 bridgehead atoms. The van der Waals surface area contributed by atoms with E-state index in [0.29, 0.717) is 12.8 Å². The van der Waals surface area contributed by atoms with E-state index in [9.17, 15) is 4.79 Å². The highest BCUT2D eigenvalue weighted by atomic mass is 16.1. The van der Waals surface area contributed by atoms with Crippen LogP contribution in [0.25, 0.3) is 0 Å². The molecule has 0 fully saturated rings. The van der Waals surface area contributed by atoms with Crippen molar-refractivity contribution in [3.63, 3.8) is 0 Å².